The lowest BCUT2D eigenvalue weighted by atomic mass is 9.84. The summed E-state index contributed by atoms with van der Waals surface area (Å²) >= 11 is 0. The third kappa shape index (κ3) is 1.82. The van der Waals surface area contributed by atoms with Crippen LogP contribution in [0, 0.1) is 23.3 Å². The summed E-state index contributed by atoms with van der Waals surface area (Å²) in [4.78, 5) is 0. The van der Waals surface area contributed by atoms with E-state index in [0.29, 0.717) is 28.2 Å². The molecule has 2 aliphatic carbocycles. The summed E-state index contributed by atoms with van der Waals surface area (Å²) in [6.45, 7) is 3.63. The van der Waals surface area contributed by atoms with Gasteiger partial charge in [-0.3, -0.25) is 0 Å². The molecular formula is C20H16F4O2. The highest BCUT2D eigenvalue weighted by molar-refractivity contribution is 5.75. The molecule has 0 saturated carbocycles. The van der Waals surface area contributed by atoms with Crippen molar-refractivity contribution in [2.24, 2.45) is 0 Å². The van der Waals surface area contributed by atoms with E-state index in [1.807, 2.05) is 13.8 Å². The van der Waals surface area contributed by atoms with E-state index in [2.05, 4.69) is 0 Å². The molecule has 2 aromatic carbocycles. The van der Waals surface area contributed by atoms with Crippen LogP contribution in [0.2, 0.25) is 0 Å². The Labute approximate surface area is 148 Å². The van der Waals surface area contributed by atoms with Crippen molar-refractivity contribution in [3.63, 3.8) is 0 Å². The van der Waals surface area contributed by atoms with E-state index in [1.54, 1.807) is 12.1 Å². The number of fused-ring (bicyclic) bond motifs is 8. The molecule has 0 aliphatic heterocycles. The summed E-state index contributed by atoms with van der Waals surface area (Å²) < 4.78 is 68.1. The van der Waals surface area contributed by atoms with Gasteiger partial charge in [-0.2, -0.15) is 0 Å². The van der Waals surface area contributed by atoms with Gasteiger partial charge in [0.25, 0.3) is 0 Å². The lowest BCUT2D eigenvalue weighted by molar-refractivity contribution is 0.387. The highest BCUT2D eigenvalue weighted by atomic mass is 19.2. The lowest BCUT2D eigenvalue weighted by Crippen LogP contribution is -2.14. The van der Waals surface area contributed by atoms with Gasteiger partial charge in [0.15, 0.2) is 23.3 Å². The third-order valence-electron chi connectivity index (χ3n) is 5.34. The number of benzene rings is 2. The van der Waals surface area contributed by atoms with Crippen LogP contribution in [0.3, 0.4) is 0 Å². The van der Waals surface area contributed by atoms with Gasteiger partial charge in [0.05, 0.1) is 14.2 Å². The van der Waals surface area contributed by atoms with Crippen LogP contribution < -0.4 is 9.47 Å². The Morgan fingerprint density at radius 2 is 1.08 bits per heavy atom. The van der Waals surface area contributed by atoms with E-state index in [0.717, 1.165) is 5.57 Å². The number of hydrogen-bond acceptors (Lipinski definition) is 2. The average molecular weight is 364 g/mol. The standard InChI is InChI=1S/C20H16F4O2/c1-7(2)10-13-11-8(25-3)5-6-9(26-4)12(11)14(10)16-15(13)17(21)19(23)20(24)18(16)22/h5-6,13-14H,1-4H3. The van der Waals surface area contributed by atoms with Crippen LogP contribution in [0.25, 0.3) is 0 Å². The van der Waals surface area contributed by atoms with Gasteiger partial charge in [-0.05, 0) is 31.6 Å². The van der Waals surface area contributed by atoms with Crippen molar-refractivity contribution in [2.45, 2.75) is 25.7 Å². The summed E-state index contributed by atoms with van der Waals surface area (Å²) in [7, 11) is 2.94. The highest BCUT2D eigenvalue weighted by Gasteiger charge is 2.53. The first-order valence-electron chi connectivity index (χ1n) is 8.12. The summed E-state index contributed by atoms with van der Waals surface area (Å²) in [5, 5.41) is 0. The van der Waals surface area contributed by atoms with Crippen molar-refractivity contribution in [3.05, 3.63) is 68.8 Å². The normalized spacial score (nSPS) is 19.5. The highest BCUT2D eigenvalue weighted by Crippen LogP contribution is 2.66. The third-order valence-corrected chi connectivity index (χ3v) is 5.34. The zero-order valence-electron chi connectivity index (χ0n) is 14.6. The average Bonchev–Trinajstić information content (AvgIpc) is 3.16. The molecule has 26 heavy (non-hydrogen) atoms. The number of ether oxygens (including phenoxy) is 2. The van der Waals surface area contributed by atoms with Crippen LogP contribution in [0.1, 0.15) is 47.9 Å². The molecule has 0 saturated heterocycles. The molecule has 136 valence electrons. The van der Waals surface area contributed by atoms with E-state index in [-0.39, 0.29) is 11.1 Å². The summed E-state index contributed by atoms with van der Waals surface area (Å²) in [6.07, 6.45) is 0. The Kier molecular flexibility index (Phi) is 3.58. The van der Waals surface area contributed by atoms with Gasteiger partial charge in [-0.1, -0.05) is 5.57 Å². The minimum Gasteiger partial charge on any atom is -0.496 e. The van der Waals surface area contributed by atoms with Crippen molar-refractivity contribution >= 4 is 0 Å². The van der Waals surface area contributed by atoms with Gasteiger partial charge in [-0.25, -0.2) is 17.6 Å². The summed E-state index contributed by atoms with van der Waals surface area (Å²) in [5.41, 5.74) is 2.47. The van der Waals surface area contributed by atoms with E-state index in [1.165, 1.54) is 14.2 Å². The van der Waals surface area contributed by atoms with Crippen molar-refractivity contribution in [3.8, 4) is 11.5 Å². The first-order valence-corrected chi connectivity index (χ1v) is 8.12. The van der Waals surface area contributed by atoms with Gasteiger partial charge in [-0.15, -0.1) is 0 Å². The fraction of sp³-hybridized carbons (Fsp3) is 0.300. The molecule has 2 unspecified atom stereocenters. The summed E-state index contributed by atoms with van der Waals surface area (Å²) in [5.74, 6) is -6.78. The molecule has 4 rings (SSSR count). The van der Waals surface area contributed by atoms with Crippen LogP contribution in [-0.4, -0.2) is 14.2 Å². The first kappa shape index (κ1) is 16.9. The SMILES string of the molecule is COc1ccc(OC)c2c1C1C(=C(C)C)C2c2c(F)c(F)c(F)c(F)c21. The number of hydrogen-bond donors (Lipinski definition) is 0. The topological polar surface area (TPSA) is 18.5 Å². The molecule has 0 amide bonds. The van der Waals surface area contributed by atoms with E-state index in [4.69, 9.17) is 9.47 Å². The predicted octanol–water partition coefficient (Wildman–Crippen LogP) is 5.19. The van der Waals surface area contributed by atoms with Crippen LogP contribution >= 0.6 is 0 Å². The smallest absolute Gasteiger partial charge is 0.197 e. The molecule has 2 aliphatic rings. The lowest BCUT2D eigenvalue weighted by Gasteiger charge is -2.23. The molecule has 2 aromatic rings. The van der Waals surface area contributed by atoms with E-state index < -0.39 is 35.1 Å². The molecule has 0 radical (unpaired) electrons. The van der Waals surface area contributed by atoms with Crippen LogP contribution in [0.4, 0.5) is 17.6 Å². The quantitative estimate of drug-likeness (QED) is 0.316. The Morgan fingerprint density at radius 1 is 0.692 bits per heavy atom. The Balaban J connectivity index is 2.18. The van der Waals surface area contributed by atoms with Crippen molar-refractivity contribution in [1.82, 2.24) is 0 Å². The largest absolute Gasteiger partial charge is 0.496 e. The molecule has 6 heteroatoms. The zero-order valence-corrected chi connectivity index (χ0v) is 14.6. The molecular weight excluding hydrogens is 348 g/mol. The molecule has 2 nitrogen and oxygen atoms in total. The maximum atomic E-state index is 14.7. The number of halogens is 4. The first-order chi connectivity index (χ1) is 12.3. The molecule has 0 aromatic heterocycles. The molecule has 0 fully saturated rings. The number of methoxy groups -OCH3 is 2. The molecule has 0 heterocycles. The Bertz CT molecular complexity index is 918. The van der Waals surface area contributed by atoms with E-state index >= 15 is 0 Å². The van der Waals surface area contributed by atoms with Crippen LogP contribution in [0.5, 0.6) is 11.5 Å². The molecule has 2 bridgehead atoms. The maximum Gasteiger partial charge on any atom is 0.197 e. The van der Waals surface area contributed by atoms with Crippen LogP contribution in [0.15, 0.2) is 23.3 Å². The predicted molar refractivity (Wildman–Crippen MR) is 87.9 cm³/mol. The fourth-order valence-electron chi connectivity index (χ4n) is 4.43. The summed E-state index contributed by atoms with van der Waals surface area (Å²) in [6, 6.07) is 3.35. The van der Waals surface area contributed by atoms with Crippen molar-refractivity contribution < 1.29 is 27.0 Å². The monoisotopic (exact) mass is 364 g/mol. The van der Waals surface area contributed by atoms with Crippen molar-refractivity contribution in [1.29, 1.82) is 0 Å². The second-order valence-corrected chi connectivity index (χ2v) is 6.70. The van der Waals surface area contributed by atoms with Crippen molar-refractivity contribution in [2.75, 3.05) is 14.2 Å². The van der Waals surface area contributed by atoms with E-state index in [9.17, 15) is 17.6 Å². The number of rotatable bonds is 2. The van der Waals surface area contributed by atoms with Gasteiger partial charge in [0.2, 0.25) is 0 Å². The molecule has 2 atom stereocenters. The second kappa shape index (κ2) is 5.50. The van der Waals surface area contributed by atoms with Gasteiger partial charge in [0.1, 0.15) is 11.5 Å². The van der Waals surface area contributed by atoms with Gasteiger partial charge >= 0.3 is 0 Å². The second-order valence-electron chi connectivity index (χ2n) is 6.70. The Morgan fingerprint density at radius 3 is 1.38 bits per heavy atom. The zero-order chi connectivity index (χ0) is 18.9. The van der Waals surface area contributed by atoms with Crippen LogP contribution in [-0.2, 0) is 0 Å². The minimum atomic E-state index is -1.79. The molecule has 0 N–H and O–H groups in total. The Hall–Kier alpha value is -2.50. The minimum absolute atomic E-state index is 0.151. The van der Waals surface area contributed by atoms with Gasteiger partial charge < -0.3 is 9.47 Å². The number of allylic oxidation sites excluding steroid dienone is 2. The molecule has 0 spiro atoms. The maximum absolute atomic E-state index is 14.7. The fourth-order valence-corrected chi connectivity index (χ4v) is 4.43. The van der Waals surface area contributed by atoms with Gasteiger partial charge in [0, 0.05) is 34.1 Å².